The van der Waals surface area contributed by atoms with Gasteiger partial charge >= 0.3 is 6.03 Å². The summed E-state index contributed by atoms with van der Waals surface area (Å²) in [5.74, 6) is -1.73. The Morgan fingerprint density at radius 3 is 2.33 bits per heavy atom. The molecule has 2 aliphatic heterocycles. The third-order valence-corrected chi connectivity index (χ3v) is 6.76. The van der Waals surface area contributed by atoms with Gasteiger partial charge in [-0.05, 0) is 12.1 Å². The lowest BCUT2D eigenvalue weighted by molar-refractivity contribution is -0.126. The van der Waals surface area contributed by atoms with Crippen LogP contribution >= 0.6 is 0 Å². The lowest BCUT2D eigenvalue weighted by atomic mass is 10.2. The van der Waals surface area contributed by atoms with Gasteiger partial charge in [0.2, 0.25) is 15.3 Å². The smallest absolute Gasteiger partial charge is 0.331 e. The van der Waals surface area contributed by atoms with Gasteiger partial charge < -0.3 is 9.32 Å². The number of sulfonamides is 1. The van der Waals surface area contributed by atoms with E-state index in [-0.39, 0.29) is 37.8 Å². The molecule has 2 saturated heterocycles. The number of amidine groups is 1. The van der Waals surface area contributed by atoms with Gasteiger partial charge in [0.05, 0.1) is 6.26 Å². The Kier molecular flexibility index (Phi) is 4.78. The molecule has 12 heteroatoms. The van der Waals surface area contributed by atoms with Crippen molar-refractivity contribution in [3.8, 4) is 0 Å². The van der Waals surface area contributed by atoms with Gasteiger partial charge in [0, 0.05) is 40.3 Å². The topological polar surface area (TPSA) is 135 Å². The predicted octanol–water partition coefficient (Wildman–Crippen LogP) is -0.763. The summed E-state index contributed by atoms with van der Waals surface area (Å²) in [7, 11) is -1.79. The van der Waals surface area contributed by atoms with E-state index in [9.17, 15) is 22.8 Å². The van der Waals surface area contributed by atoms with E-state index in [2.05, 4.69) is 0 Å². The fourth-order valence-corrected chi connectivity index (χ4v) is 4.83. The van der Waals surface area contributed by atoms with Crippen LogP contribution in [0.5, 0.6) is 0 Å². The van der Waals surface area contributed by atoms with E-state index in [1.54, 1.807) is 6.07 Å². The van der Waals surface area contributed by atoms with Crippen LogP contribution in [-0.4, -0.2) is 96.6 Å². The SMILES string of the molecule is CN1C(=N)C(S(=O)(=O)N2CCN(C(=O)c3ccco3)CC2)C(=O)N(C)C1=O. The first-order valence-corrected chi connectivity index (χ1v) is 9.62. The quantitative estimate of drug-likeness (QED) is 0.712. The number of amides is 4. The van der Waals surface area contributed by atoms with E-state index in [0.717, 1.165) is 9.21 Å². The van der Waals surface area contributed by atoms with Gasteiger partial charge in [0.25, 0.3) is 11.8 Å². The van der Waals surface area contributed by atoms with Crippen molar-refractivity contribution in [1.82, 2.24) is 19.0 Å². The zero-order valence-corrected chi connectivity index (χ0v) is 15.6. The van der Waals surface area contributed by atoms with E-state index in [1.807, 2.05) is 0 Å². The van der Waals surface area contributed by atoms with Crippen LogP contribution in [0.2, 0.25) is 0 Å². The summed E-state index contributed by atoms with van der Waals surface area (Å²) in [6.07, 6.45) is 1.38. The molecule has 0 radical (unpaired) electrons. The molecule has 146 valence electrons. The molecular formula is C15H19N5O6S. The molecule has 1 atom stereocenters. The van der Waals surface area contributed by atoms with Crippen LogP contribution in [0.3, 0.4) is 0 Å². The van der Waals surface area contributed by atoms with Gasteiger partial charge in [-0.3, -0.25) is 24.8 Å². The normalized spacial score (nSPS) is 22.5. The van der Waals surface area contributed by atoms with E-state index < -0.39 is 33.0 Å². The number of urea groups is 1. The predicted molar refractivity (Wildman–Crippen MR) is 92.5 cm³/mol. The first kappa shape index (κ1) is 19.0. The number of nitrogens with one attached hydrogen (secondary N) is 1. The van der Waals surface area contributed by atoms with Crippen LogP contribution in [0.4, 0.5) is 4.79 Å². The summed E-state index contributed by atoms with van der Waals surface area (Å²) in [6, 6.07) is 2.35. The minimum atomic E-state index is -4.21. The minimum absolute atomic E-state index is 0.0206. The molecule has 1 unspecified atom stereocenters. The number of imide groups is 1. The summed E-state index contributed by atoms with van der Waals surface area (Å²) in [6.45, 7) is 0.204. The molecule has 0 aromatic carbocycles. The van der Waals surface area contributed by atoms with E-state index in [4.69, 9.17) is 9.83 Å². The summed E-state index contributed by atoms with van der Waals surface area (Å²) < 4.78 is 32.0. The van der Waals surface area contributed by atoms with Gasteiger partial charge in [0.15, 0.2) is 5.76 Å². The summed E-state index contributed by atoms with van der Waals surface area (Å²) >= 11 is 0. The highest BCUT2D eigenvalue weighted by molar-refractivity contribution is 7.91. The maximum Gasteiger partial charge on any atom is 0.331 e. The Morgan fingerprint density at radius 1 is 1.15 bits per heavy atom. The molecule has 1 aromatic heterocycles. The van der Waals surface area contributed by atoms with E-state index in [0.29, 0.717) is 4.90 Å². The second-order valence-corrected chi connectivity index (χ2v) is 8.24. The third kappa shape index (κ3) is 3.10. The fraction of sp³-hybridized carbons (Fsp3) is 0.467. The Morgan fingerprint density at radius 2 is 1.78 bits per heavy atom. The molecule has 11 nitrogen and oxygen atoms in total. The number of carbonyl (C=O) groups excluding carboxylic acids is 3. The Labute approximate surface area is 155 Å². The Hall–Kier alpha value is -2.73. The van der Waals surface area contributed by atoms with E-state index >= 15 is 0 Å². The lowest BCUT2D eigenvalue weighted by Crippen LogP contribution is -2.64. The number of furan rings is 1. The second-order valence-electron chi connectivity index (χ2n) is 6.22. The van der Waals surface area contributed by atoms with Crippen LogP contribution in [0.1, 0.15) is 10.6 Å². The minimum Gasteiger partial charge on any atom is -0.459 e. The number of hydrogen-bond acceptors (Lipinski definition) is 7. The second kappa shape index (κ2) is 6.78. The third-order valence-electron chi connectivity index (χ3n) is 4.65. The van der Waals surface area contributed by atoms with Crippen LogP contribution < -0.4 is 0 Å². The van der Waals surface area contributed by atoms with Crippen LogP contribution in [0.15, 0.2) is 22.8 Å². The van der Waals surface area contributed by atoms with Gasteiger partial charge in [-0.1, -0.05) is 0 Å². The molecule has 2 fully saturated rings. The van der Waals surface area contributed by atoms with Gasteiger partial charge in [-0.25, -0.2) is 13.2 Å². The summed E-state index contributed by atoms with van der Waals surface area (Å²) in [5, 5.41) is 6.17. The molecule has 2 aliphatic rings. The maximum atomic E-state index is 12.9. The molecule has 3 heterocycles. The molecule has 0 saturated carbocycles. The molecule has 1 aromatic rings. The Balaban J connectivity index is 1.75. The first-order valence-electron chi connectivity index (χ1n) is 8.11. The highest BCUT2D eigenvalue weighted by atomic mass is 32.2. The first-order chi connectivity index (χ1) is 12.7. The van der Waals surface area contributed by atoms with Crippen molar-refractivity contribution < 1.29 is 27.2 Å². The van der Waals surface area contributed by atoms with Crippen molar-refractivity contribution in [3.05, 3.63) is 24.2 Å². The number of piperazine rings is 1. The highest BCUT2D eigenvalue weighted by Gasteiger charge is 2.50. The largest absolute Gasteiger partial charge is 0.459 e. The maximum absolute atomic E-state index is 12.9. The molecule has 1 N–H and O–H groups in total. The lowest BCUT2D eigenvalue weighted by Gasteiger charge is -2.39. The van der Waals surface area contributed by atoms with Crippen LogP contribution in [-0.2, 0) is 14.8 Å². The zero-order valence-electron chi connectivity index (χ0n) is 14.8. The average Bonchev–Trinajstić information content (AvgIpc) is 3.19. The number of rotatable bonds is 3. The fourth-order valence-electron chi connectivity index (χ4n) is 3.01. The number of nitrogens with zero attached hydrogens (tertiary/aromatic N) is 4. The molecule has 0 bridgehead atoms. The van der Waals surface area contributed by atoms with Crippen LogP contribution in [0.25, 0.3) is 0 Å². The van der Waals surface area contributed by atoms with Crippen molar-refractivity contribution >= 4 is 33.7 Å². The highest BCUT2D eigenvalue weighted by Crippen LogP contribution is 2.21. The Bertz CT molecular complexity index is 864. The molecule has 0 aliphatic carbocycles. The number of carbonyl (C=O) groups is 3. The van der Waals surface area contributed by atoms with Crippen molar-refractivity contribution in [2.75, 3.05) is 40.3 Å². The van der Waals surface area contributed by atoms with Gasteiger partial charge in [-0.15, -0.1) is 0 Å². The monoisotopic (exact) mass is 397 g/mol. The molecule has 4 amide bonds. The summed E-state index contributed by atoms with van der Waals surface area (Å²) in [4.78, 5) is 39.5. The van der Waals surface area contributed by atoms with Crippen molar-refractivity contribution in [2.45, 2.75) is 5.25 Å². The average molecular weight is 397 g/mol. The van der Waals surface area contributed by atoms with E-state index in [1.165, 1.54) is 31.3 Å². The standard InChI is InChI=1S/C15H19N5O6S/c1-17-12(16)11(14(22)18(2)15(17)23)27(24,25)20-7-5-19(6-8-20)13(21)10-4-3-9-26-10/h3-4,9,11,16H,5-8H2,1-2H3. The molecular weight excluding hydrogens is 378 g/mol. The van der Waals surface area contributed by atoms with Gasteiger partial charge in [-0.2, -0.15) is 4.31 Å². The number of hydrogen-bond donors (Lipinski definition) is 1. The van der Waals surface area contributed by atoms with Crippen molar-refractivity contribution in [2.24, 2.45) is 0 Å². The molecule has 27 heavy (non-hydrogen) atoms. The van der Waals surface area contributed by atoms with Crippen LogP contribution in [0, 0.1) is 5.41 Å². The molecule has 0 spiro atoms. The summed E-state index contributed by atoms with van der Waals surface area (Å²) in [5.41, 5.74) is 0. The molecule has 3 rings (SSSR count). The zero-order chi connectivity index (χ0) is 19.9. The van der Waals surface area contributed by atoms with Gasteiger partial charge in [0.1, 0.15) is 5.84 Å². The van der Waals surface area contributed by atoms with Crippen molar-refractivity contribution in [1.29, 1.82) is 5.41 Å². The van der Waals surface area contributed by atoms with Crippen molar-refractivity contribution in [3.63, 3.8) is 0 Å².